The van der Waals surface area contributed by atoms with Crippen molar-refractivity contribution in [2.24, 2.45) is 0 Å². The highest BCUT2D eigenvalue weighted by Crippen LogP contribution is 2.23. The molecule has 0 aromatic carbocycles. The summed E-state index contributed by atoms with van der Waals surface area (Å²) in [7, 11) is 4.61. The summed E-state index contributed by atoms with van der Waals surface area (Å²) in [4.78, 5) is 39.0. The summed E-state index contributed by atoms with van der Waals surface area (Å²) in [6.45, 7) is -2.19. The lowest BCUT2D eigenvalue weighted by molar-refractivity contribution is -0.174. The maximum atomic E-state index is 13.1. The Hall–Kier alpha value is -3.74. The minimum absolute atomic E-state index is 0.148. The van der Waals surface area contributed by atoms with Crippen LogP contribution in [-0.4, -0.2) is 77.5 Å². The Labute approximate surface area is 192 Å². The number of methoxy groups -OCH3 is 1. The Morgan fingerprint density at radius 3 is 2.53 bits per heavy atom. The number of ether oxygens (including phenoxy) is 2. The van der Waals surface area contributed by atoms with Crippen molar-refractivity contribution in [3.8, 4) is 17.0 Å². The number of hydrogen-bond donors (Lipinski definition) is 1. The molecule has 34 heavy (non-hydrogen) atoms. The number of carbonyl (C=O) groups excluding carboxylic acids is 1. The fourth-order valence-corrected chi connectivity index (χ4v) is 2.95. The Morgan fingerprint density at radius 2 is 1.91 bits per heavy atom. The van der Waals surface area contributed by atoms with Crippen LogP contribution < -0.4 is 15.6 Å². The fraction of sp³-hybridized carbons (Fsp3) is 0.381. The number of rotatable bonds is 9. The van der Waals surface area contributed by atoms with Crippen molar-refractivity contribution >= 4 is 22.9 Å². The summed E-state index contributed by atoms with van der Waals surface area (Å²) >= 11 is 0. The lowest BCUT2D eigenvalue weighted by Crippen LogP contribution is -2.33. The van der Waals surface area contributed by atoms with E-state index in [9.17, 15) is 22.8 Å². The van der Waals surface area contributed by atoms with E-state index in [0.717, 1.165) is 0 Å². The van der Waals surface area contributed by atoms with Gasteiger partial charge >= 0.3 is 6.18 Å². The maximum absolute atomic E-state index is 13.1. The number of hydrogen-bond acceptors (Lipinski definition) is 8. The van der Waals surface area contributed by atoms with Crippen LogP contribution in [0.1, 0.15) is 0 Å². The molecule has 3 aromatic heterocycles. The van der Waals surface area contributed by atoms with E-state index in [1.165, 1.54) is 22.8 Å². The van der Waals surface area contributed by atoms with E-state index in [1.54, 1.807) is 38.5 Å². The van der Waals surface area contributed by atoms with Gasteiger partial charge in [0.15, 0.2) is 11.5 Å². The molecule has 182 valence electrons. The van der Waals surface area contributed by atoms with Crippen molar-refractivity contribution in [1.82, 2.24) is 24.4 Å². The van der Waals surface area contributed by atoms with Gasteiger partial charge in [-0.3, -0.25) is 14.2 Å². The van der Waals surface area contributed by atoms with Crippen LogP contribution in [0, 0.1) is 0 Å². The number of halogens is 3. The SMILES string of the molecule is COc1ccc(-c2cnc3nc(NCC(=O)N(C)C)c(=O)n(CCOCC(F)(F)F)c3c2)cn1. The Balaban J connectivity index is 1.99. The smallest absolute Gasteiger partial charge is 0.411 e. The lowest BCUT2D eigenvalue weighted by atomic mass is 10.1. The van der Waals surface area contributed by atoms with Crippen LogP contribution in [0.4, 0.5) is 19.0 Å². The summed E-state index contributed by atoms with van der Waals surface area (Å²) in [5, 5.41) is 2.68. The third kappa shape index (κ3) is 6.19. The topological polar surface area (TPSA) is 111 Å². The van der Waals surface area contributed by atoms with E-state index >= 15 is 0 Å². The molecule has 0 aliphatic rings. The molecule has 3 aromatic rings. The predicted molar refractivity (Wildman–Crippen MR) is 118 cm³/mol. The molecule has 0 radical (unpaired) electrons. The lowest BCUT2D eigenvalue weighted by Gasteiger charge is -2.15. The van der Waals surface area contributed by atoms with Crippen LogP contribution in [0.3, 0.4) is 0 Å². The number of fused-ring (bicyclic) bond motifs is 1. The van der Waals surface area contributed by atoms with E-state index in [1.807, 2.05) is 0 Å². The zero-order valence-electron chi connectivity index (χ0n) is 18.7. The maximum Gasteiger partial charge on any atom is 0.411 e. The van der Waals surface area contributed by atoms with E-state index in [-0.39, 0.29) is 37.1 Å². The number of aromatic nitrogens is 4. The summed E-state index contributed by atoms with van der Waals surface area (Å²) in [5.74, 6) is -0.0255. The average molecular weight is 480 g/mol. The number of nitrogens with zero attached hydrogens (tertiary/aromatic N) is 5. The predicted octanol–water partition coefficient (Wildman–Crippen LogP) is 1.94. The molecular formula is C21H23F3N6O4. The molecule has 0 fully saturated rings. The van der Waals surface area contributed by atoms with Crippen LogP contribution in [-0.2, 0) is 16.1 Å². The molecule has 1 N–H and O–H groups in total. The van der Waals surface area contributed by atoms with Crippen LogP contribution in [0.5, 0.6) is 5.88 Å². The fourth-order valence-electron chi connectivity index (χ4n) is 2.95. The van der Waals surface area contributed by atoms with Crippen LogP contribution in [0.15, 0.2) is 35.4 Å². The Morgan fingerprint density at radius 1 is 1.18 bits per heavy atom. The van der Waals surface area contributed by atoms with Gasteiger partial charge in [-0.05, 0) is 12.1 Å². The molecule has 0 bridgehead atoms. The quantitative estimate of drug-likeness (QED) is 0.463. The number of alkyl halides is 3. The van der Waals surface area contributed by atoms with Gasteiger partial charge in [-0.2, -0.15) is 13.2 Å². The van der Waals surface area contributed by atoms with Crippen LogP contribution in [0.25, 0.3) is 22.3 Å². The molecule has 0 saturated carbocycles. The number of pyridine rings is 2. The van der Waals surface area contributed by atoms with Crippen LogP contribution >= 0.6 is 0 Å². The molecule has 0 saturated heterocycles. The summed E-state index contributed by atoms with van der Waals surface area (Å²) < 4.78 is 48.3. The molecule has 13 heteroatoms. The van der Waals surface area contributed by atoms with Crippen molar-refractivity contribution < 1.29 is 27.4 Å². The molecule has 0 unspecified atom stereocenters. The van der Waals surface area contributed by atoms with Gasteiger partial charge in [0.2, 0.25) is 11.8 Å². The zero-order chi connectivity index (χ0) is 24.9. The molecule has 0 atom stereocenters. The Kier molecular flexibility index (Phi) is 7.66. The normalized spacial score (nSPS) is 11.5. The molecule has 10 nitrogen and oxygen atoms in total. The van der Waals surface area contributed by atoms with Gasteiger partial charge in [0, 0.05) is 50.2 Å². The largest absolute Gasteiger partial charge is 0.481 e. The minimum atomic E-state index is -4.49. The number of likely N-dealkylation sites (N-methyl/N-ethyl adjacent to an activating group) is 1. The van der Waals surface area contributed by atoms with E-state index in [2.05, 4.69) is 25.0 Å². The second-order valence-electron chi connectivity index (χ2n) is 7.38. The zero-order valence-corrected chi connectivity index (χ0v) is 18.7. The first-order valence-corrected chi connectivity index (χ1v) is 10.1. The highest BCUT2D eigenvalue weighted by molar-refractivity contribution is 5.81. The average Bonchev–Trinajstić information content (AvgIpc) is 2.80. The van der Waals surface area contributed by atoms with E-state index in [4.69, 9.17) is 4.74 Å². The summed E-state index contributed by atoms with van der Waals surface area (Å²) in [5.41, 5.74) is 1.12. The molecular weight excluding hydrogens is 457 g/mol. The number of carbonyl (C=O) groups is 1. The van der Waals surface area contributed by atoms with Crippen molar-refractivity contribution in [1.29, 1.82) is 0 Å². The van der Waals surface area contributed by atoms with Gasteiger partial charge in [-0.25, -0.2) is 15.0 Å². The number of nitrogens with one attached hydrogen (secondary N) is 1. The third-order valence-electron chi connectivity index (χ3n) is 4.71. The van der Waals surface area contributed by atoms with Gasteiger partial charge in [0.05, 0.1) is 25.8 Å². The molecule has 3 rings (SSSR count). The number of anilines is 1. The molecule has 0 aliphatic carbocycles. The second-order valence-corrected chi connectivity index (χ2v) is 7.38. The monoisotopic (exact) mass is 480 g/mol. The number of amides is 1. The van der Waals surface area contributed by atoms with Gasteiger partial charge in [-0.15, -0.1) is 0 Å². The van der Waals surface area contributed by atoms with Crippen molar-refractivity contribution in [2.45, 2.75) is 12.7 Å². The first kappa shape index (κ1) is 24.9. The van der Waals surface area contributed by atoms with Crippen molar-refractivity contribution in [3.05, 3.63) is 40.9 Å². The molecule has 0 spiro atoms. The first-order chi connectivity index (χ1) is 16.1. The van der Waals surface area contributed by atoms with E-state index in [0.29, 0.717) is 22.5 Å². The summed E-state index contributed by atoms with van der Waals surface area (Å²) in [6.07, 6.45) is -1.39. The van der Waals surface area contributed by atoms with Crippen molar-refractivity contribution in [3.63, 3.8) is 0 Å². The molecule has 1 amide bonds. The molecule has 0 aliphatic heterocycles. The Bertz CT molecular complexity index is 1210. The van der Waals surface area contributed by atoms with Crippen LogP contribution in [0.2, 0.25) is 0 Å². The summed E-state index contributed by atoms with van der Waals surface area (Å²) in [6, 6.07) is 5.04. The van der Waals surface area contributed by atoms with Gasteiger partial charge < -0.3 is 19.7 Å². The highest BCUT2D eigenvalue weighted by atomic mass is 19.4. The third-order valence-corrected chi connectivity index (χ3v) is 4.71. The standard InChI is InChI=1S/C21H23F3N6O4/c1-29(2)17(31)11-27-19-20(32)30(6-7-34-12-21(22,23)24)15-8-14(10-26-18(15)28-19)13-4-5-16(33-3)25-9-13/h4-5,8-10H,6-7,11-12H2,1-3H3,(H,26,27,28). The minimum Gasteiger partial charge on any atom is -0.481 e. The van der Waals surface area contributed by atoms with Crippen molar-refractivity contribution in [2.75, 3.05) is 46.3 Å². The van der Waals surface area contributed by atoms with Gasteiger partial charge in [-0.1, -0.05) is 0 Å². The second kappa shape index (κ2) is 10.5. The van der Waals surface area contributed by atoms with E-state index < -0.39 is 18.3 Å². The van der Waals surface area contributed by atoms with Gasteiger partial charge in [0.1, 0.15) is 6.61 Å². The highest BCUT2D eigenvalue weighted by Gasteiger charge is 2.27. The first-order valence-electron chi connectivity index (χ1n) is 10.1. The van der Waals surface area contributed by atoms with Gasteiger partial charge in [0.25, 0.3) is 5.56 Å². The molecule has 3 heterocycles.